The zero-order valence-corrected chi connectivity index (χ0v) is 20.2. The molecule has 0 saturated carbocycles. The van der Waals surface area contributed by atoms with Gasteiger partial charge in [-0.1, -0.05) is 41.4 Å². The first-order chi connectivity index (χ1) is 16.2. The van der Waals surface area contributed by atoms with Crippen LogP contribution in [0.15, 0.2) is 54.7 Å². The summed E-state index contributed by atoms with van der Waals surface area (Å²) < 4.78 is 13.3. The van der Waals surface area contributed by atoms with Gasteiger partial charge in [0.05, 0.1) is 40.0 Å². The molecule has 3 aromatic rings. The Kier molecular flexibility index (Phi) is 7.14. The first-order valence-corrected chi connectivity index (χ1v) is 11.5. The van der Waals surface area contributed by atoms with Gasteiger partial charge in [-0.2, -0.15) is 10.2 Å². The molecule has 0 N–H and O–H groups in total. The van der Waals surface area contributed by atoms with E-state index in [0.717, 1.165) is 5.56 Å². The largest absolute Gasteiger partial charge is 0.340 e. The molecule has 4 rings (SSSR count). The second kappa shape index (κ2) is 10.1. The molecule has 6 nitrogen and oxygen atoms in total. The predicted molar refractivity (Wildman–Crippen MR) is 129 cm³/mol. The number of likely N-dealkylation sites (N-methyl/N-ethyl adjacent to an activating group) is 1. The topological polar surface area (TPSA) is 66.4 Å². The molecule has 2 aromatic carbocycles. The van der Waals surface area contributed by atoms with Gasteiger partial charge in [-0.25, -0.2) is 4.39 Å². The van der Waals surface area contributed by atoms with E-state index in [-0.39, 0.29) is 36.0 Å². The number of rotatable bonds is 5. The Morgan fingerprint density at radius 3 is 2.50 bits per heavy atom. The summed E-state index contributed by atoms with van der Waals surface area (Å²) in [6.45, 7) is 2.52. The van der Waals surface area contributed by atoms with E-state index < -0.39 is 0 Å². The van der Waals surface area contributed by atoms with Crippen LogP contribution in [0, 0.1) is 12.7 Å². The maximum atomic E-state index is 13.3. The molecular formula is C25H23Cl2FN4O2. The lowest BCUT2D eigenvalue weighted by Gasteiger charge is -2.29. The van der Waals surface area contributed by atoms with Gasteiger partial charge in [0.25, 0.3) is 5.91 Å². The molecule has 34 heavy (non-hydrogen) atoms. The number of halogens is 3. The third-order valence-electron chi connectivity index (χ3n) is 6.13. The van der Waals surface area contributed by atoms with E-state index in [0.29, 0.717) is 40.0 Å². The molecule has 0 aliphatic carbocycles. The quantitative estimate of drug-likeness (QED) is 0.515. The van der Waals surface area contributed by atoms with Gasteiger partial charge in [-0.3, -0.25) is 9.59 Å². The van der Waals surface area contributed by atoms with Gasteiger partial charge < -0.3 is 9.80 Å². The number of carbonyl (C=O) groups excluding carboxylic acids is 2. The maximum absolute atomic E-state index is 13.3. The van der Waals surface area contributed by atoms with Crippen LogP contribution in [-0.2, 0) is 11.2 Å². The molecule has 1 aliphatic heterocycles. The Morgan fingerprint density at radius 2 is 1.82 bits per heavy atom. The molecule has 0 unspecified atom stereocenters. The summed E-state index contributed by atoms with van der Waals surface area (Å²) >= 11 is 12.4. The SMILES string of the molecule is Cc1cc(C(=O)N2C[C@H](c3ccc(Cl)c(Cl)c3)[C@@H](N(C)C(=O)Cc3ccc(F)cc3)C2)cnn1. The summed E-state index contributed by atoms with van der Waals surface area (Å²) in [5, 5.41) is 8.66. The van der Waals surface area contributed by atoms with E-state index in [1.807, 2.05) is 6.07 Å². The number of carbonyl (C=O) groups is 2. The van der Waals surface area contributed by atoms with Crippen molar-refractivity contribution in [2.24, 2.45) is 0 Å². The number of hydrogen-bond donors (Lipinski definition) is 0. The van der Waals surface area contributed by atoms with Crippen molar-refractivity contribution < 1.29 is 14.0 Å². The molecule has 1 saturated heterocycles. The molecule has 0 bridgehead atoms. The summed E-state index contributed by atoms with van der Waals surface area (Å²) in [7, 11) is 1.73. The third kappa shape index (κ3) is 5.21. The minimum absolute atomic E-state index is 0.127. The van der Waals surface area contributed by atoms with Crippen LogP contribution in [0.2, 0.25) is 10.0 Å². The second-order valence-electron chi connectivity index (χ2n) is 8.45. The lowest BCUT2D eigenvalue weighted by molar-refractivity contribution is -0.131. The molecule has 1 aliphatic rings. The van der Waals surface area contributed by atoms with E-state index in [1.54, 1.807) is 54.1 Å². The van der Waals surface area contributed by atoms with Crippen LogP contribution in [0.5, 0.6) is 0 Å². The molecular weight excluding hydrogens is 478 g/mol. The molecule has 1 aromatic heterocycles. The van der Waals surface area contributed by atoms with Crippen molar-refractivity contribution in [3.8, 4) is 0 Å². The molecule has 2 atom stereocenters. The summed E-state index contributed by atoms with van der Waals surface area (Å²) in [5.74, 6) is -0.825. The van der Waals surface area contributed by atoms with E-state index in [4.69, 9.17) is 23.2 Å². The van der Waals surface area contributed by atoms with Crippen molar-refractivity contribution in [2.75, 3.05) is 20.1 Å². The summed E-state index contributed by atoms with van der Waals surface area (Å²) in [5.41, 5.74) is 2.70. The summed E-state index contributed by atoms with van der Waals surface area (Å²) in [6.07, 6.45) is 1.57. The van der Waals surface area contributed by atoms with E-state index >= 15 is 0 Å². The Bertz CT molecular complexity index is 1220. The fourth-order valence-corrected chi connectivity index (χ4v) is 4.58. The van der Waals surface area contributed by atoms with E-state index in [1.165, 1.54) is 18.3 Å². The van der Waals surface area contributed by atoms with Crippen molar-refractivity contribution in [1.82, 2.24) is 20.0 Å². The van der Waals surface area contributed by atoms with Gasteiger partial charge in [0.2, 0.25) is 5.91 Å². The standard InChI is InChI=1S/C25H23Cl2FN4O2/c1-15-9-18(12-29-30-15)25(34)32-13-20(17-5-8-21(26)22(27)11-17)23(14-32)31(2)24(33)10-16-3-6-19(28)7-4-16/h3-9,11-12,20,23H,10,13-14H2,1-2H3/t20-,23+/m1/s1. The fraction of sp³-hybridized carbons (Fsp3) is 0.280. The van der Waals surface area contributed by atoms with Gasteiger partial charge in [0.15, 0.2) is 0 Å². The van der Waals surface area contributed by atoms with Crippen LogP contribution >= 0.6 is 23.2 Å². The highest BCUT2D eigenvalue weighted by atomic mass is 35.5. The number of aryl methyl sites for hydroxylation is 1. The zero-order valence-electron chi connectivity index (χ0n) is 18.7. The molecule has 176 valence electrons. The number of nitrogens with zero attached hydrogens (tertiary/aromatic N) is 4. The van der Waals surface area contributed by atoms with Crippen molar-refractivity contribution in [2.45, 2.75) is 25.3 Å². The minimum Gasteiger partial charge on any atom is -0.340 e. The van der Waals surface area contributed by atoms with Crippen molar-refractivity contribution in [1.29, 1.82) is 0 Å². The molecule has 2 heterocycles. The van der Waals surface area contributed by atoms with Crippen LogP contribution in [0.1, 0.15) is 33.1 Å². The van der Waals surface area contributed by atoms with E-state index in [9.17, 15) is 14.0 Å². The first kappa shape index (κ1) is 24.1. The molecule has 2 amide bonds. The third-order valence-corrected chi connectivity index (χ3v) is 6.87. The molecule has 0 radical (unpaired) electrons. The fourth-order valence-electron chi connectivity index (χ4n) is 4.27. The van der Waals surface area contributed by atoms with Gasteiger partial charge in [0, 0.05) is 26.1 Å². The number of hydrogen-bond acceptors (Lipinski definition) is 4. The maximum Gasteiger partial charge on any atom is 0.255 e. The van der Waals surface area contributed by atoms with Gasteiger partial charge in [-0.15, -0.1) is 0 Å². The Labute approximate surface area is 207 Å². The van der Waals surface area contributed by atoms with E-state index in [2.05, 4.69) is 10.2 Å². The van der Waals surface area contributed by atoms with Crippen molar-refractivity contribution in [3.63, 3.8) is 0 Å². The first-order valence-electron chi connectivity index (χ1n) is 10.8. The highest BCUT2D eigenvalue weighted by Crippen LogP contribution is 2.35. The average Bonchev–Trinajstić information content (AvgIpc) is 3.26. The Morgan fingerprint density at radius 1 is 1.09 bits per heavy atom. The monoisotopic (exact) mass is 500 g/mol. The minimum atomic E-state index is -0.352. The highest BCUT2D eigenvalue weighted by molar-refractivity contribution is 6.42. The molecule has 0 spiro atoms. The predicted octanol–water partition coefficient (Wildman–Crippen LogP) is 4.54. The number of aromatic nitrogens is 2. The second-order valence-corrected chi connectivity index (χ2v) is 9.27. The van der Waals surface area contributed by atoms with Gasteiger partial charge in [0.1, 0.15) is 5.82 Å². The zero-order chi connectivity index (χ0) is 24.4. The van der Waals surface area contributed by atoms with Gasteiger partial charge >= 0.3 is 0 Å². The van der Waals surface area contributed by atoms with Crippen LogP contribution in [-0.4, -0.2) is 58.0 Å². The van der Waals surface area contributed by atoms with Crippen molar-refractivity contribution in [3.05, 3.63) is 93.0 Å². The number of benzene rings is 2. The smallest absolute Gasteiger partial charge is 0.255 e. The number of amides is 2. The summed E-state index contributed by atoms with van der Waals surface area (Å²) in [6, 6.07) is 12.6. The lowest BCUT2D eigenvalue weighted by Crippen LogP contribution is -2.42. The Balaban J connectivity index is 1.61. The van der Waals surface area contributed by atoms with Crippen LogP contribution < -0.4 is 0 Å². The normalized spacial score (nSPS) is 17.6. The average molecular weight is 501 g/mol. The van der Waals surface area contributed by atoms with Gasteiger partial charge in [-0.05, 0) is 48.4 Å². The summed E-state index contributed by atoms with van der Waals surface area (Å²) in [4.78, 5) is 29.8. The number of likely N-dealkylation sites (tertiary alicyclic amines) is 1. The van der Waals surface area contributed by atoms with Crippen LogP contribution in [0.25, 0.3) is 0 Å². The van der Waals surface area contributed by atoms with Crippen LogP contribution in [0.4, 0.5) is 4.39 Å². The molecule has 9 heteroatoms. The van der Waals surface area contributed by atoms with Crippen LogP contribution in [0.3, 0.4) is 0 Å². The molecule has 1 fully saturated rings. The lowest BCUT2D eigenvalue weighted by atomic mass is 9.93. The highest BCUT2D eigenvalue weighted by Gasteiger charge is 2.40. The van der Waals surface area contributed by atoms with Crippen molar-refractivity contribution >= 4 is 35.0 Å². The Hall–Kier alpha value is -3.03.